The summed E-state index contributed by atoms with van der Waals surface area (Å²) in [6.45, 7) is 2.04. The molecule has 16 heavy (non-hydrogen) atoms. The Balaban J connectivity index is 1.64. The van der Waals surface area contributed by atoms with Crippen LogP contribution in [0.2, 0.25) is 0 Å². The van der Waals surface area contributed by atoms with Gasteiger partial charge >= 0.3 is 0 Å². The van der Waals surface area contributed by atoms with Crippen LogP contribution in [-0.2, 0) is 4.79 Å². The summed E-state index contributed by atoms with van der Waals surface area (Å²) in [6.07, 6.45) is 3.60. The third-order valence-electron chi connectivity index (χ3n) is 3.90. The van der Waals surface area contributed by atoms with Crippen LogP contribution in [0.15, 0.2) is 24.3 Å². The second-order valence-corrected chi connectivity index (χ2v) is 5.28. The fourth-order valence-electron chi connectivity index (χ4n) is 2.90. The van der Waals surface area contributed by atoms with Gasteiger partial charge < -0.3 is 5.32 Å². The molecule has 84 valence electrons. The van der Waals surface area contributed by atoms with Crippen LogP contribution in [-0.4, -0.2) is 5.91 Å². The Morgan fingerprint density at radius 2 is 2.00 bits per heavy atom. The zero-order chi connectivity index (χ0) is 11.1. The first-order valence-electron chi connectivity index (χ1n) is 6.10. The van der Waals surface area contributed by atoms with Gasteiger partial charge in [0.05, 0.1) is 0 Å². The molecule has 0 aliphatic heterocycles. The number of anilines is 1. The lowest BCUT2D eigenvalue weighted by Crippen LogP contribution is -2.21. The van der Waals surface area contributed by atoms with Crippen molar-refractivity contribution in [2.75, 3.05) is 5.32 Å². The van der Waals surface area contributed by atoms with Gasteiger partial charge in [-0.3, -0.25) is 4.79 Å². The maximum absolute atomic E-state index is 12.0. The van der Waals surface area contributed by atoms with E-state index in [1.54, 1.807) is 0 Å². The minimum atomic E-state index is 0.220. The molecule has 2 fully saturated rings. The van der Waals surface area contributed by atoms with Gasteiger partial charge in [-0.15, -0.1) is 0 Å². The van der Waals surface area contributed by atoms with E-state index < -0.39 is 0 Å². The Labute approximate surface area is 96.1 Å². The first-order valence-corrected chi connectivity index (χ1v) is 6.10. The maximum Gasteiger partial charge on any atom is 0.227 e. The van der Waals surface area contributed by atoms with E-state index in [9.17, 15) is 4.79 Å². The van der Waals surface area contributed by atoms with Gasteiger partial charge in [-0.1, -0.05) is 12.1 Å². The lowest BCUT2D eigenvalue weighted by molar-refractivity contribution is -0.120. The fourth-order valence-corrected chi connectivity index (χ4v) is 2.90. The van der Waals surface area contributed by atoms with Gasteiger partial charge in [0.15, 0.2) is 0 Å². The average Bonchev–Trinajstić information content (AvgIpc) is 2.86. The first kappa shape index (κ1) is 9.88. The highest BCUT2D eigenvalue weighted by Gasteiger charge is 2.47. The van der Waals surface area contributed by atoms with E-state index in [4.69, 9.17) is 0 Å². The Hall–Kier alpha value is -1.31. The van der Waals surface area contributed by atoms with Crippen LogP contribution in [0.4, 0.5) is 5.69 Å². The quantitative estimate of drug-likeness (QED) is 0.807. The molecule has 2 aliphatic rings. The van der Waals surface area contributed by atoms with Gasteiger partial charge in [-0.2, -0.15) is 0 Å². The van der Waals surface area contributed by atoms with Crippen LogP contribution < -0.4 is 5.32 Å². The molecular weight excluding hydrogens is 198 g/mol. The van der Waals surface area contributed by atoms with Crippen molar-refractivity contribution in [3.05, 3.63) is 29.8 Å². The number of hydrogen-bond donors (Lipinski definition) is 1. The summed E-state index contributed by atoms with van der Waals surface area (Å²) in [7, 11) is 0. The Morgan fingerprint density at radius 3 is 2.69 bits per heavy atom. The third-order valence-corrected chi connectivity index (χ3v) is 3.90. The van der Waals surface area contributed by atoms with Gasteiger partial charge in [-0.05, 0) is 55.7 Å². The lowest BCUT2D eigenvalue weighted by atomic mass is 10.0. The number of carbonyl (C=O) groups is 1. The molecule has 2 unspecified atom stereocenters. The number of amides is 1. The minimum Gasteiger partial charge on any atom is -0.326 e. The Morgan fingerprint density at radius 1 is 1.25 bits per heavy atom. The molecule has 3 rings (SSSR count). The maximum atomic E-state index is 12.0. The summed E-state index contributed by atoms with van der Waals surface area (Å²) in [5.41, 5.74) is 2.12. The number of rotatable bonds is 2. The number of hydrogen-bond acceptors (Lipinski definition) is 1. The van der Waals surface area contributed by atoms with E-state index in [1.807, 2.05) is 31.2 Å². The molecule has 1 aromatic carbocycles. The number of aryl methyl sites for hydroxylation is 1. The zero-order valence-electron chi connectivity index (χ0n) is 9.57. The number of nitrogens with one attached hydrogen (secondary N) is 1. The van der Waals surface area contributed by atoms with Crippen LogP contribution in [0.3, 0.4) is 0 Å². The Kier molecular flexibility index (Phi) is 2.23. The summed E-state index contributed by atoms with van der Waals surface area (Å²) in [5, 5.41) is 3.03. The molecule has 2 heteroatoms. The molecule has 0 saturated heterocycles. The summed E-state index contributed by atoms with van der Waals surface area (Å²) >= 11 is 0. The molecule has 0 aromatic heterocycles. The third kappa shape index (κ3) is 1.84. The largest absolute Gasteiger partial charge is 0.326 e. The number of benzene rings is 1. The highest BCUT2D eigenvalue weighted by Crippen LogP contribution is 2.54. The van der Waals surface area contributed by atoms with Gasteiger partial charge in [-0.25, -0.2) is 0 Å². The van der Waals surface area contributed by atoms with Crippen molar-refractivity contribution in [2.24, 2.45) is 17.8 Å². The smallest absolute Gasteiger partial charge is 0.227 e. The van der Waals surface area contributed by atoms with Crippen LogP contribution in [0.1, 0.15) is 24.8 Å². The summed E-state index contributed by atoms with van der Waals surface area (Å²) in [6, 6.07) is 8.01. The highest BCUT2D eigenvalue weighted by molar-refractivity contribution is 5.92. The summed E-state index contributed by atoms with van der Waals surface area (Å²) in [4.78, 5) is 12.0. The summed E-state index contributed by atoms with van der Waals surface area (Å²) in [5.74, 6) is 2.23. The number of carbonyl (C=O) groups excluding carboxylic acids is 1. The van der Waals surface area contributed by atoms with Crippen molar-refractivity contribution in [1.82, 2.24) is 0 Å². The molecular formula is C14H17NO. The van der Waals surface area contributed by atoms with Crippen molar-refractivity contribution in [1.29, 1.82) is 0 Å². The van der Waals surface area contributed by atoms with Gasteiger partial charge in [0.2, 0.25) is 5.91 Å². The SMILES string of the molecule is Cc1cccc(NC(=O)C2CC3CC3C2)c1. The summed E-state index contributed by atoms with van der Waals surface area (Å²) < 4.78 is 0. The number of fused-ring (bicyclic) bond motifs is 1. The highest BCUT2D eigenvalue weighted by atomic mass is 16.1. The van der Waals surface area contributed by atoms with E-state index in [1.165, 1.54) is 12.0 Å². The minimum absolute atomic E-state index is 0.220. The first-order chi connectivity index (χ1) is 7.72. The molecule has 0 heterocycles. The van der Waals surface area contributed by atoms with Crippen LogP contribution >= 0.6 is 0 Å². The molecule has 1 aromatic rings. The zero-order valence-corrected chi connectivity index (χ0v) is 9.57. The Bertz CT molecular complexity index is 416. The molecule has 1 N–H and O–H groups in total. The molecule has 2 aliphatic carbocycles. The van der Waals surface area contributed by atoms with E-state index in [2.05, 4.69) is 5.32 Å². The molecule has 0 radical (unpaired) electrons. The lowest BCUT2D eigenvalue weighted by Gasteiger charge is -2.12. The van der Waals surface area contributed by atoms with Crippen LogP contribution in [0, 0.1) is 24.7 Å². The normalized spacial score (nSPS) is 30.9. The molecule has 1 amide bonds. The molecule has 2 nitrogen and oxygen atoms in total. The molecule has 0 bridgehead atoms. The molecule has 2 atom stereocenters. The van der Waals surface area contributed by atoms with Crippen molar-refractivity contribution >= 4 is 11.6 Å². The van der Waals surface area contributed by atoms with Crippen LogP contribution in [0.5, 0.6) is 0 Å². The van der Waals surface area contributed by atoms with Crippen molar-refractivity contribution in [2.45, 2.75) is 26.2 Å². The average molecular weight is 215 g/mol. The monoisotopic (exact) mass is 215 g/mol. The van der Waals surface area contributed by atoms with Crippen LogP contribution in [0.25, 0.3) is 0 Å². The second kappa shape index (κ2) is 3.62. The van der Waals surface area contributed by atoms with E-state index >= 15 is 0 Å². The van der Waals surface area contributed by atoms with E-state index in [0.29, 0.717) is 0 Å². The van der Waals surface area contributed by atoms with E-state index in [0.717, 1.165) is 30.4 Å². The standard InChI is InChI=1S/C14H17NO/c1-9-3-2-4-13(5-9)15-14(16)12-7-10-6-11(10)8-12/h2-5,10-12H,6-8H2,1H3,(H,15,16). The van der Waals surface area contributed by atoms with Crippen molar-refractivity contribution in [3.63, 3.8) is 0 Å². The second-order valence-electron chi connectivity index (χ2n) is 5.28. The van der Waals surface area contributed by atoms with Gasteiger partial charge in [0.25, 0.3) is 0 Å². The topological polar surface area (TPSA) is 29.1 Å². The fraction of sp³-hybridized carbons (Fsp3) is 0.500. The molecule has 0 spiro atoms. The van der Waals surface area contributed by atoms with E-state index in [-0.39, 0.29) is 11.8 Å². The van der Waals surface area contributed by atoms with Gasteiger partial charge in [0, 0.05) is 11.6 Å². The van der Waals surface area contributed by atoms with Gasteiger partial charge in [0.1, 0.15) is 0 Å². The van der Waals surface area contributed by atoms with Crippen molar-refractivity contribution < 1.29 is 4.79 Å². The predicted molar refractivity (Wildman–Crippen MR) is 64.1 cm³/mol. The van der Waals surface area contributed by atoms with Crippen molar-refractivity contribution in [3.8, 4) is 0 Å². The molecule has 2 saturated carbocycles. The predicted octanol–water partition coefficient (Wildman–Crippen LogP) is 2.98.